The quantitative estimate of drug-likeness (QED) is 0.917. The van der Waals surface area contributed by atoms with Crippen LogP contribution in [0.15, 0.2) is 53.3 Å². The van der Waals surface area contributed by atoms with Crippen molar-refractivity contribution in [1.29, 1.82) is 0 Å². The Kier molecular flexibility index (Phi) is 3.35. The largest absolute Gasteiger partial charge is 0.380 e. The molecule has 2 rings (SSSR count). The first-order valence-electron chi connectivity index (χ1n) is 4.73. The maximum absolute atomic E-state index is 3.98. The summed E-state index contributed by atoms with van der Waals surface area (Å²) in [5.41, 5.74) is 2.33. The summed E-state index contributed by atoms with van der Waals surface area (Å²) >= 11 is 3.49. The number of rotatable bonds is 3. The van der Waals surface area contributed by atoms with E-state index in [1.807, 2.05) is 36.4 Å². The van der Waals surface area contributed by atoms with Crippen LogP contribution in [0.25, 0.3) is 0 Å². The number of benzene rings is 1. The summed E-state index contributed by atoms with van der Waals surface area (Å²) in [5.74, 6) is 0. The molecule has 0 saturated heterocycles. The van der Waals surface area contributed by atoms with E-state index >= 15 is 0 Å². The molecule has 0 atom stereocenters. The van der Waals surface area contributed by atoms with Crippen molar-refractivity contribution in [1.82, 2.24) is 4.98 Å². The SMILES string of the molecule is Brc1ccccc1NCc1ccncc1. The van der Waals surface area contributed by atoms with E-state index in [9.17, 15) is 0 Å². The van der Waals surface area contributed by atoms with Crippen LogP contribution in [-0.4, -0.2) is 4.98 Å². The van der Waals surface area contributed by atoms with Gasteiger partial charge in [-0.05, 0) is 45.8 Å². The Morgan fingerprint density at radius 2 is 1.80 bits per heavy atom. The monoisotopic (exact) mass is 262 g/mol. The molecule has 0 aliphatic rings. The zero-order valence-corrected chi connectivity index (χ0v) is 9.74. The lowest BCUT2D eigenvalue weighted by Gasteiger charge is -2.07. The molecular weight excluding hydrogens is 252 g/mol. The zero-order valence-electron chi connectivity index (χ0n) is 8.15. The zero-order chi connectivity index (χ0) is 10.5. The number of hydrogen-bond donors (Lipinski definition) is 1. The lowest BCUT2D eigenvalue weighted by Crippen LogP contribution is -1.99. The molecule has 0 spiro atoms. The molecule has 1 aromatic carbocycles. The van der Waals surface area contributed by atoms with Gasteiger partial charge < -0.3 is 5.32 Å². The van der Waals surface area contributed by atoms with Crippen molar-refractivity contribution in [2.75, 3.05) is 5.32 Å². The molecule has 76 valence electrons. The molecule has 0 aliphatic carbocycles. The van der Waals surface area contributed by atoms with Crippen LogP contribution in [0.1, 0.15) is 5.56 Å². The number of nitrogens with one attached hydrogen (secondary N) is 1. The van der Waals surface area contributed by atoms with Gasteiger partial charge in [0.2, 0.25) is 0 Å². The second-order valence-electron chi connectivity index (χ2n) is 3.19. The lowest BCUT2D eigenvalue weighted by molar-refractivity contribution is 1.12. The molecule has 1 N–H and O–H groups in total. The fourth-order valence-corrected chi connectivity index (χ4v) is 1.73. The normalized spacial score (nSPS) is 9.93. The number of pyridine rings is 1. The third-order valence-corrected chi connectivity index (χ3v) is 2.80. The number of anilines is 1. The maximum atomic E-state index is 3.98. The Morgan fingerprint density at radius 3 is 2.53 bits per heavy atom. The van der Waals surface area contributed by atoms with Gasteiger partial charge in [0.15, 0.2) is 0 Å². The molecule has 0 amide bonds. The third kappa shape index (κ3) is 2.80. The van der Waals surface area contributed by atoms with Crippen molar-refractivity contribution in [3.8, 4) is 0 Å². The summed E-state index contributed by atoms with van der Waals surface area (Å²) in [6.45, 7) is 0.811. The van der Waals surface area contributed by atoms with E-state index in [-0.39, 0.29) is 0 Å². The molecule has 1 aromatic heterocycles. The van der Waals surface area contributed by atoms with Crippen LogP contribution < -0.4 is 5.32 Å². The van der Waals surface area contributed by atoms with E-state index in [2.05, 4.69) is 26.2 Å². The predicted molar refractivity (Wildman–Crippen MR) is 65.7 cm³/mol. The summed E-state index contributed by atoms with van der Waals surface area (Å²) in [6.07, 6.45) is 3.61. The van der Waals surface area contributed by atoms with Gasteiger partial charge in [0, 0.05) is 29.1 Å². The second kappa shape index (κ2) is 4.94. The van der Waals surface area contributed by atoms with Crippen LogP contribution in [0, 0.1) is 0 Å². The van der Waals surface area contributed by atoms with E-state index in [1.165, 1.54) is 5.56 Å². The first-order valence-corrected chi connectivity index (χ1v) is 5.53. The number of para-hydroxylation sites is 1. The summed E-state index contributed by atoms with van der Waals surface area (Å²) in [4.78, 5) is 3.98. The highest BCUT2D eigenvalue weighted by atomic mass is 79.9. The fraction of sp³-hybridized carbons (Fsp3) is 0.0833. The van der Waals surface area contributed by atoms with Gasteiger partial charge in [-0.25, -0.2) is 0 Å². The van der Waals surface area contributed by atoms with E-state index in [0.29, 0.717) is 0 Å². The summed E-state index contributed by atoms with van der Waals surface area (Å²) in [7, 11) is 0. The Morgan fingerprint density at radius 1 is 1.07 bits per heavy atom. The highest BCUT2D eigenvalue weighted by Crippen LogP contribution is 2.21. The molecule has 15 heavy (non-hydrogen) atoms. The Labute approximate surface area is 97.5 Å². The van der Waals surface area contributed by atoms with Gasteiger partial charge in [-0.1, -0.05) is 12.1 Å². The van der Waals surface area contributed by atoms with Gasteiger partial charge >= 0.3 is 0 Å². The van der Waals surface area contributed by atoms with Crippen LogP contribution in [0.3, 0.4) is 0 Å². The highest BCUT2D eigenvalue weighted by molar-refractivity contribution is 9.10. The Balaban J connectivity index is 2.03. The summed E-state index contributed by atoms with van der Waals surface area (Å²) in [6, 6.07) is 12.1. The van der Waals surface area contributed by atoms with Gasteiger partial charge in [0.1, 0.15) is 0 Å². The molecule has 0 fully saturated rings. The highest BCUT2D eigenvalue weighted by Gasteiger charge is 1.97. The minimum absolute atomic E-state index is 0.811. The van der Waals surface area contributed by atoms with Gasteiger partial charge in [-0.3, -0.25) is 4.98 Å². The molecule has 2 nitrogen and oxygen atoms in total. The van der Waals surface area contributed by atoms with Crippen molar-refractivity contribution in [3.63, 3.8) is 0 Å². The van der Waals surface area contributed by atoms with E-state index < -0.39 is 0 Å². The number of aromatic nitrogens is 1. The van der Waals surface area contributed by atoms with Crippen molar-refractivity contribution in [2.45, 2.75) is 6.54 Å². The molecule has 0 bridgehead atoms. The van der Waals surface area contributed by atoms with Gasteiger partial charge in [-0.15, -0.1) is 0 Å². The molecule has 0 radical (unpaired) electrons. The molecule has 0 unspecified atom stereocenters. The lowest BCUT2D eigenvalue weighted by atomic mass is 10.2. The number of hydrogen-bond acceptors (Lipinski definition) is 2. The van der Waals surface area contributed by atoms with Crippen molar-refractivity contribution in [2.24, 2.45) is 0 Å². The molecule has 2 aromatic rings. The topological polar surface area (TPSA) is 24.9 Å². The van der Waals surface area contributed by atoms with Crippen LogP contribution in [-0.2, 0) is 6.54 Å². The van der Waals surface area contributed by atoms with Crippen LogP contribution >= 0.6 is 15.9 Å². The van der Waals surface area contributed by atoms with Crippen LogP contribution in [0.5, 0.6) is 0 Å². The van der Waals surface area contributed by atoms with Crippen molar-refractivity contribution >= 4 is 21.6 Å². The van der Waals surface area contributed by atoms with Crippen LogP contribution in [0.2, 0.25) is 0 Å². The molecule has 0 aliphatic heterocycles. The molecule has 0 saturated carbocycles. The molecular formula is C12H11BrN2. The van der Waals surface area contributed by atoms with Gasteiger partial charge in [0.05, 0.1) is 0 Å². The van der Waals surface area contributed by atoms with E-state index in [1.54, 1.807) is 12.4 Å². The van der Waals surface area contributed by atoms with Gasteiger partial charge in [0.25, 0.3) is 0 Å². The summed E-state index contributed by atoms with van der Waals surface area (Å²) < 4.78 is 1.08. The number of halogens is 1. The predicted octanol–water partition coefficient (Wildman–Crippen LogP) is 3.46. The third-order valence-electron chi connectivity index (χ3n) is 2.11. The Bertz CT molecular complexity index is 429. The van der Waals surface area contributed by atoms with Crippen molar-refractivity contribution in [3.05, 3.63) is 58.8 Å². The van der Waals surface area contributed by atoms with Crippen LogP contribution in [0.4, 0.5) is 5.69 Å². The molecule has 3 heteroatoms. The van der Waals surface area contributed by atoms with E-state index in [4.69, 9.17) is 0 Å². The second-order valence-corrected chi connectivity index (χ2v) is 4.04. The minimum Gasteiger partial charge on any atom is -0.380 e. The number of nitrogens with zero attached hydrogens (tertiary/aromatic N) is 1. The first kappa shape index (κ1) is 10.2. The first-order chi connectivity index (χ1) is 7.36. The standard InChI is InChI=1S/C12H11BrN2/c13-11-3-1-2-4-12(11)15-9-10-5-7-14-8-6-10/h1-8,15H,9H2. The summed E-state index contributed by atoms with van der Waals surface area (Å²) in [5, 5.41) is 3.35. The Hall–Kier alpha value is -1.35. The average Bonchev–Trinajstić information content (AvgIpc) is 2.29. The average molecular weight is 263 g/mol. The fourth-order valence-electron chi connectivity index (χ4n) is 1.30. The van der Waals surface area contributed by atoms with Crippen molar-refractivity contribution < 1.29 is 0 Å². The smallest absolute Gasteiger partial charge is 0.0487 e. The van der Waals surface area contributed by atoms with E-state index in [0.717, 1.165) is 16.7 Å². The maximum Gasteiger partial charge on any atom is 0.0487 e. The van der Waals surface area contributed by atoms with Gasteiger partial charge in [-0.2, -0.15) is 0 Å². The molecule has 1 heterocycles. The minimum atomic E-state index is 0.811.